The van der Waals surface area contributed by atoms with Gasteiger partial charge in [-0.15, -0.1) is 0 Å². The van der Waals surface area contributed by atoms with E-state index in [2.05, 4.69) is 6.58 Å². The summed E-state index contributed by atoms with van der Waals surface area (Å²) in [7, 11) is 0. The van der Waals surface area contributed by atoms with Gasteiger partial charge in [0.2, 0.25) is 0 Å². The second kappa shape index (κ2) is 8.08. The third-order valence-corrected chi connectivity index (χ3v) is 3.19. The minimum atomic E-state index is -0.485. The molecule has 5 nitrogen and oxygen atoms in total. The molecule has 24 heavy (non-hydrogen) atoms. The second-order valence-electron chi connectivity index (χ2n) is 4.84. The van der Waals surface area contributed by atoms with E-state index in [-0.39, 0.29) is 18.1 Å². The fourth-order valence-corrected chi connectivity index (χ4v) is 1.99. The van der Waals surface area contributed by atoms with Crippen LogP contribution in [0.1, 0.15) is 15.9 Å². The van der Waals surface area contributed by atoms with Gasteiger partial charge >= 0.3 is 0 Å². The zero-order valence-corrected chi connectivity index (χ0v) is 13.4. The average molecular weight is 344 g/mol. The molecule has 0 saturated heterocycles. The molecule has 2 aromatic rings. The number of halogens is 1. The highest BCUT2D eigenvalue weighted by atomic mass is 35.5. The molecule has 2 aromatic carbocycles. The van der Waals surface area contributed by atoms with Crippen molar-refractivity contribution in [2.24, 2.45) is 0 Å². The number of benzene rings is 2. The molecule has 2 rings (SSSR count). The third kappa shape index (κ3) is 4.79. The van der Waals surface area contributed by atoms with E-state index in [4.69, 9.17) is 16.3 Å². The van der Waals surface area contributed by atoms with Gasteiger partial charge in [-0.3, -0.25) is 14.9 Å². The SMILES string of the molecule is C=C(Cl)COc1ccc(C(=O)/C=C/c2ccccc2[N+](=O)[O-])cc1. The number of ketones is 1. The van der Waals surface area contributed by atoms with Crippen molar-refractivity contribution in [2.75, 3.05) is 6.61 Å². The third-order valence-electron chi connectivity index (χ3n) is 3.08. The maximum absolute atomic E-state index is 12.1. The molecule has 0 saturated carbocycles. The van der Waals surface area contributed by atoms with Crippen molar-refractivity contribution in [3.05, 3.63) is 87.5 Å². The number of nitro groups is 1. The Balaban J connectivity index is 2.10. The Labute approximate surface area is 144 Å². The number of rotatable bonds is 7. The molecule has 0 heterocycles. The number of allylic oxidation sites excluding steroid dienone is 1. The molecule has 0 N–H and O–H groups in total. The van der Waals surface area contributed by atoms with Gasteiger partial charge in [0.05, 0.1) is 10.5 Å². The van der Waals surface area contributed by atoms with Crippen LogP contribution in [0.4, 0.5) is 5.69 Å². The minimum absolute atomic E-state index is 0.0494. The summed E-state index contributed by atoms with van der Waals surface area (Å²) in [4.78, 5) is 22.6. The summed E-state index contributed by atoms with van der Waals surface area (Å²) in [6.45, 7) is 3.70. The number of carbonyl (C=O) groups excluding carboxylic acids is 1. The molecule has 0 spiro atoms. The normalized spacial score (nSPS) is 10.5. The number of hydrogen-bond acceptors (Lipinski definition) is 4. The number of carbonyl (C=O) groups is 1. The molecule has 0 aromatic heterocycles. The van der Waals surface area contributed by atoms with Gasteiger partial charge in [0.1, 0.15) is 12.4 Å². The lowest BCUT2D eigenvalue weighted by Crippen LogP contribution is -1.98. The van der Waals surface area contributed by atoms with Crippen LogP contribution in [0.5, 0.6) is 5.75 Å². The van der Waals surface area contributed by atoms with Crippen LogP contribution >= 0.6 is 11.6 Å². The monoisotopic (exact) mass is 343 g/mol. The Morgan fingerprint density at radius 1 is 1.21 bits per heavy atom. The maximum Gasteiger partial charge on any atom is 0.276 e. The Hall–Kier alpha value is -2.92. The first kappa shape index (κ1) is 17.4. The minimum Gasteiger partial charge on any atom is -0.488 e. The van der Waals surface area contributed by atoms with Gasteiger partial charge in [-0.1, -0.05) is 30.3 Å². The Morgan fingerprint density at radius 3 is 2.50 bits per heavy atom. The predicted molar refractivity (Wildman–Crippen MR) is 93.4 cm³/mol. The molecule has 0 radical (unpaired) electrons. The molecule has 0 fully saturated rings. The van der Waals surface area contributed by atoms with Gasteiger partial charge in [0, 0.05) is 16.7 Å². The van der Waals surface area contributed by atoms with Crippen LogP contribution in [0.2, 0.25) is 0 Å². The Morgan fingerprint density at radius 2 is 1.88 bits per heavy atom. The number of para-hydroxylation sites is 1. The quantitative estimate of drug-likeness (QED) is 0.318. The van der Waals surface area contributed by atoms with Crippen molar-refractivity contribution in [3.63, 3.8) is 0 Å². The van der Waals surface area contributed by atoms with E-state index in [9.17, 15) is 14.9 Å². The van der Waals surface area contributed by atoms with E-state index in [1.54, 1.807) is 42.5 Å². The molecule has 0 unspecified atom stereocenters. The van der Waals surface area contributed by atoms with E-state index >= 15 is 0 Å². The van der Waals surface area contributed by atoms with Crippen molar-refractivity contribution in [1.29, 1.82) is 0 Å². The summed E-state index contributed by atoms with van der Waals surface area (Å²) in [6.07, 6.45) is 2.74. The van der Waals surface area contributed by atoms with Crippen LogP contribution in [0, 0.1) is 10.1 Å². The zero-order valence-electron chi connectivity index (χ0n) is 12.6. The van der Waals surface area contributed by atoms with Gasteiger partial charge in [-0.05, 0) is 42.5 Å². The molecule has 0 aliphatic heterocycles. The van der Waals surface area contributed by atoms with Crippen molar-refractivity contribution in [1.82, 2.24) is 0 Å². The highest BCUT2D eigenvalue weighted by Crippen LogP contribution is 2.20. The lowest BCUT2D eigenvalue weighted by molar-refractivity contribution is -0.385. The van der Waals surface area contributed by atoms with Gasteiger partial charge in [0.15, 0.2) is 5.78 Å². The molecule has 0 aliphatic rings. The van der Waals surface area contributed by atoms with Crippen molar-refractivity contribution >= 4 is 29.1 Å². The molecule has 122 valence electrons. The van der Waals surface area contributed by atoms with Gasteiger partial charge in [-0.25, -0.2) is 0 Å². The van der Waals surface area contributed by atoms with Crippen LogP contribution in [-0.4, -0.2) is 17.3 Å². The van der Waals surface area contributed by atoms with Gasteiger partial charge < -0.3 is 4.74 Å². The summed E-state index contributed by atoms with van der Waals surface area (Å²) in [5.74, 6) is 0.303. The van der Waals surface area contributed by atoms with E-state index in [0.717, 1.165) is 0 Å². The first-order valence-electron chi connectivity index (χ1n) is 6.99. The van der Waals surface area contributed by atoms with E-state index in [1.807, 2.05) is 0 Å². The molecular weight excluding hydrogens is 330 g/mol. The second-order valence-corrected chi connectivity index (χ2v) is 5.38. The van der Waals surface area contributed by atoms with Crippen LogP contribution in [0.15, 0.2) is 66.2 Å². The standard InChI is InChI=1S/C18H14ClNO4/c1-13(19)12-24-16-9-6-15(7-10-16)18(21)11-8-14-4-2-3-5-17(14)20(22)23/h2-11H,1,12H2/b11-8+. The highest BCUT2D eigenvalue weighted by Gasteiger charge is 2.10. The Bertz CT molecular complexity index is 797. The summed E-state index contributed by atoms with van der Waals surface area (Å²) in [5.41, 5.74) is 0.768. The molecular formula is C18H14ClNO4. The lowest BCUT2D eigenvalue weighted by atomic mass is 10.1. The number of nitrogens with zero attached hydrogens (tertiary/aromatic N) is 1. The first-order valence-corrected chi connectivity index (χ1v) is 7.37. The van der Waals surface area contributed by atoms with E-state index in [1.165, 1.54) is 18.2 Å². The van der Waals surface area contributed by atoms with Gasteiger partial charge in [-0.2, -0.15) is 0 Å². The van der Waals surface area contributed by atoms with Gasteiger partial charge in [0.25, 0.3) is 5.69 Å². The fourth-order valence-electron chi connectivity index (χ4n) is 1.93. The smallest absolute Gasteiger partial charge is 0.276 e. The van der Waals surface area contributed by atoms with E-state index in [0.29, 0.717) is 21.9 Å². The van der Waals surface area contributed by atoms with E-state index < -0.39 is 4.92 Å². The zero-order chi connectivity index (χ0) is 17.5. The van der Waals surface area contributed by atoms with Crippen molar-refractivity contribution < 1.29 is 14.5 Å². The van der Waals surface area contributed by atoms with Crippen molar-refractivity contribution in [3.8, 4) is 5.75 Å². The molecule has 6 heteroatoms. The molecule has 0 atom stereocenters. The van der Waals surface area contributed by atoms with Crippen LogP contribution in [-0.2, 0) is 0 Å². The highest BCUT2D eigenvalue weighted by molar-refractivity contribution is 6.29. The van der Waals surface area contributed by atoms with Crippen LogP contribution in [0.25, 0.3) is 6.08 Å². The largest absolute Gasteiger partial charge is 0.488 e. The van der Waals surface area contributed by atoms with Crippen LogP contribution in [0.3, 0.4) is 0 Å². The predicted octanol–water partition coefficient (Wildman–Crippen LogP) is 4.62. The molecule has 0 bridgehead atoms. The number of hydrogen-bond donors (Lipinski definition) is 0. The topological polar surface area (TPSA) is 69.4 Å². The van der Waals surface area contributed by atoms with Crippen LogP contribution < -0.4 is 4.74 Å². The first-order chi connectivity index (χ1) is 11.5. The van der Waals surface area contributed by atoms with Crippen molar-refractivity contribution in [2.45, 2.75) is 0 Å². The summed E-state index contributed by atoms with van der Waals surface area (Å²) >= 11 is 5.61. The number of nitro benzene ring substituents is 1. The molecule has 0 aliphatic carbocycles. The summed E-state index contributed by atoms with van der Waals surface area (Å²) in [5, 5.41) is 11.3. The summed E-state index contributed by atoms with van der Waals surface area (Å²) in [6, 6.07) is 12.7. The molecule has 0 amide bonds. The number of ether oxygens (including phenoxy) is 1. The lowest BCUT2D eigenvalue weighted by Gasteiger charge is -2.05. The summed E-state index contributed by atoms with van der Waals surface area (Å²) < 4.78 is 5.34. The average Bonchev–Trinajstić information content (AvgIpc) is 2.58. The Kier molecular flexibility index (Phi) is 5.87. The maximum atomic E-state index is 12.1. The fraction of sp³-hybridized carbons (Fsp3) is 0.0556.